The summed E-state index contributed by atoms with van der Waals surface area (Å²) in [5.74, 6) is 1.15. The second kappa shape index (κ2) is 4.22. The highest BCUT2D eigenvalue weighted by Gasteiger charge is 2.09. The average molecular weight is 280 g/mol. The number of thiophene rings is 1. The zero-order valence-electron chi connectivity index (χ0n) is 9.59. The molecule has 0 aliphatic carbocycles. The molecule has 0 aliphatic heterocycles. The largest absolute Gasteiger partial charge is 0.383 e. The van der Waals surface area contributed by atoms with Gasteiger partial charge < -0.3 is 5.73 Å². The van der Waals surface area contributed by atoms with Crippen LogP contribution in [0, 0.1) is 6.92 Å². The molecule has 0 atom stereocenters. The topological polar surface area (TPSA) is 69.6 Å². The standard InChI is InChI=1S/C11H10ClN5S/c1-6-8(12)4-14-17(6)5-9-15-10(13)7-2-3-18-11(7)16-9/h2-4H,5H2,1H3,(H2,13,15,16). The van der Waals surface area contributed by atoms with Crippen molar-refractivity contribution in [2.24, 2.45) is 0 Å². The van der Waals surface area contributed by atoms with E-state index in [1.807, 2.05) is 18.4 Å². The summed E-state index contributed by atoms with van der Waals surface area (Å²) < 4.78 is 1.76. The van der Waals surface area contributed by atoms with Crippen LogP contribution >= 0.6 is 22.9 Å². The summed E-state index contributed by atoms with van der Waals surface area (Å²) in [5.41, 5.74) is 6.79. The van der Waals surface area contributed by atoms with E-state index in [2.05, 4.69) is 15.1 Å². The number of anilines is 1. The number of nitrogens with zero attached hydrogens (tertiary/aromatic N) is 4. The number of nitrogen functional groups attached to an aromatic ring is 1. The molecular weight excluding hydrogens is 270 g/mol. The van der Waals surface area contributed by atoms with Gasteiger partial charge in [-0.3, -0.25) is 4.68 Å². The van der Waals surface area contributed by atoms with Crippen LogP contribution in [0.2, 0.25) is 5.02 Å². The molecule has 3 aromatic heterocycles. The van der Waals surface area contributed by atoms with Crippen molar-refractivity contribution >= 4 is 39.0 Å². The van der Waals surface area contributed by atoms with Gasteiger partial charge in [-0.2, -0.15) is 5.10 Å². The summed E-state index contributed by atoms with van der Waals surface area (Å²) in [6.07, 6.45) is 1.61. The lowest BCUT2D eigenvalue weighted by Gasteiger charge is -2.04. The second-order valence-electron chi connectivity index (χ2n) is 3.90. The van der Waals surface area contributed by atoms with Crippen LogP contribution in [0.3, 0.4) is 0 Å². The molecule has 92 valence electrons. The van der Waals surface area contributed by atoms with Gasteiger partial charge in [0, 0.05) is 0 Å². The molecule has 18 heavy (non-hydrogen) atoms. The summed E-state index contributed by atoms with van der Waals surface area (Å²) in [5, 5.41) is 7.67. The third-order valence-electron chi connectivity index (χ3n) is 2.74. The van der Waals surface area contributed by atoms with Crippen molar-refractivity contribution in [2.75, 3.05) is 5.73 Å². The van der Waals surface area contributed by atoms with Crippen molar-refractivity contribution in [2.45, 2.75) is 13.5 Å². The van der Waals surface area contributed by atoms with Gasteiger partial charge in [-0.15, -0.1) is 11.3 Å². The van der Waals surface area contributed by atoms with E-state index in [-0.39, 0.29) is 0 Å². The van der Waals surface area contributed by atoms with Gasteiger partial charge in [0.15, 0.2) is 5.82 Å². The first-order valence-corrected chi connectivity index (χ1v) is 6.58. The van der Waals surface area contributed by atoms with Gasteiger partial charge in [-0.1, -0.05) is 11.6 Å². The van der Waals surface area contributed by atoms with E-state index >= 15 is 0 Å². The highest BCUT2D eigenvalue weighted by atomic mass is 35.5. The molecule has 0 aromatic carbocycles. The molecule has 0 spiro atoms. The monoisotopic (exact) mass is 279 g/mol. The van der Waals surface area contributed by atoms with Gasteiger partial charge >= 0.3 is 0 Å². The van der Waals surface area contributed by atoms with Crippen molar-refractivity contribution in [3.63, 3.8) is 0 Å². The Morgan fingerprint density at radius 3 is 3.00 bits per heavy atom. The van der Waals surface area contributed by atoms with E-state index < -0.39 is 0 Å². The Kier molecular flexibility index (Phi) is 2.68. The third kappa shape index (κ3) is 1.83. The predicted octanol–water partition coefficient (Wildman–Crippen LogP) is 2.48. The molecule has 0 saturated carbocycles. The van der Waals surface area contributed by atoms with Crippen LogP contribution in [-0.2, 0) is 6.54 Å². The Hall–Kier alpha value is -1.66. The number of halogens is 1. The Labute approximate surface area is 112 Å². The van der Waals surface area contributed by atoms with E-state index in [1.54, 1.807) is 22.2 Å². The molecule has 3 rings (SSSR count). The fraction of sp³-hybridized carbons (Fsp3) is 0.182. The molecule has 5 nitrogen and oxygen atoms in total. The maximum absolute atomic E-state index is 5.96. The van der Waals surface area contributed by atoms with Crippen LogP contribution < -0.4 is 5.73 Å². The van der Waals surface area contributed by atoms with Crippen LogP contribution in [0.4, 0.5) is 5.82 Å². The maximum atomic E-state index is 5.96. The number of nitrogens with two attached hydrogens (primary N) is 1. The number of hydrogen-bond donors (Lipinski definition) is 1. The van der Waals surface area contributed by atoms with Crippen molar-refractivity contribution < 1.29 is 0 Å². The van der Waals surface area contributed by atoms with E-state index in [0.717, 1.165) is 15.9 Å². The first-order chi connectivity index (χ1) is 8.65. The molecule has 0 radical (unpaired) electrons. The minimum Gasteiger partial charge on any atom is -0.383 e. The quantitative estimate of drug-likeness (QED) is 0.782. The van der Waals surface area contributed by atoms with Crippen molar-refractivity contribution in [1.82, 2.24) is 19.7 Å². The highest BCUT2D eigenvalue weighted by Crippen LogP contribution is 2.23. The normalized spacial score (nSPS) is 11.2. The average Bonchev–Trinajstić information content (AvgIpc) is 2.91. The first kappa shape index (κ1) is 11.4. The van der Waals surface area contributed by atoms with E-state index in [0.29, 0.717) is 23.2 Å². The Balaban J connectivity index is 2.02. The van der Waals surface area contributed by atoms with Crippen LogP contribution in [0.1, 0.15) is 11.5 Å². The van der Waals surface area contributed by atoms with Crippen LogP contribution in [-0.4, -0.2) is 19.7 Å². The third-order valence-corrected chi connectivity index (χ3v) is 3.91. The van der Waals surface area contributed by atoms with Gasteiger partial charge in [0.2, 0.25) is 0 Å². The zero-order valence-corrected chi connectivity index (χ0v) is 11.2. The molecule has 7 heteroatoms. The second-order valence-corrected chi connectivity index (χ2v) is 5.20. The fourth-order valence-corrected chi connectivity index (χ4v) is 2.64. The van der Waals surface area contributed by atoms with Gasteiger partial charge in [0.05, 0.1) is 22.3 Å². The number of fused-ring (bicyclic) bond motifs is 1. The Morgan fingerprint density at radius 1 is 1.44 bits per heavy atom. The minimum absolute atomic E-state index is 0.469. The summed E-state index contributed by atoms with van der Waals surface area (Å²) in [6.45, 7) is 2.37. The van der Waals surface area contributed by atoms with Crippen LogP contribution in [0.25, 0.3) is 10.2 Å². The van der Waals surface area contributed by atoms with Gasteiger partial charge in [-0.05, 0) is 18.4 Å². The van der Waals surface area contributed by atoms with Crippen LogP contribution in [0.15, 0.2) is 17.6 Å². The lowest BCUT2D eigenvalue weighted by molar-refractivity contribution is 0.640. The SMILES string of the molecule is Cc1c(Cl)cnn1Cc1nc(N)c2ccsc2n1. The van der Waals surface area contributed by atoms with Crippen molar-refractivity contribution in [1.29, 1.82) is 0 Å². The molecular formula is C11H10ClN5S. The molecule has 0 aliphatic rings. The lowest BCUT2D eigenvalue weighted by Crippen LogP contribution is -2.08. The number of hydrogen-bond acceptors (Lipinski definition) is 5. The smallest absolute Gasteiger partial charge is 0.153 e. The van der Waals surface area contributed by atoms with E-state index in [9.17, 15) is 0 Å². The summed E-state index contributed by atoms with van der Waals surface area (Å²) >= 11 is 7.51. The van der Waals surface area contributed by atoms with Crippen molar-refractivity contribution in [3.8, 4) is 0 Å². The summed E-state index contributed by atoms with van der Waals surface area (Å²) in [7, 11) is 0. The summed E-state index contributed by atoms with van der Waals surface area (Å²) in [6, 6.07) is 1.93. The predicted molar refractivity (Wildman–Crippen MR) is 72.9 cm³/mol. The summed E-state index contributed by atoms with van der Waals surface area (Å²) in [4.78, 5) is 9.65. The Bertz CT molecular complexity index is 717. The molecule has 0 saturated heterocycles. The minimum atomic E-state index is 0.469. The molecule has 2 N–H and O–H groups in total. The highest BCUT2D eigenvalue weighted by molar-refractivity contribution is 7.16. The number of rotatable bonds is 2. The lowest BCUT2D eigenvalue weighted by atomic mass is 10.4. The molecule has 3 aromatic rings. The molecule has 0 fully saturated rings. The van der Waals surface area contributed by atoms with Gasteiger partial charge in [-0.25, -0.2) is 9.97 Å². The molecule has 3 heterocycles. The Morgan fingerprint density at radius 2 is 2.28 bits per heavy atom. The zero-order chi connectivity index (χ0) is 12.7. The molecule has 0 unspecified atom stereocenters. The van der Waals surface area contributed by atoms with E-state index in [4.69, 9.17) is 17.3 Å². The van der Waals surface area contributed by atoms with Crippen LogP contribution in [0.5, 0.6) is 0 Å². The van der Waals surface area contributed by atoms with E-state index in [1.165, 1.54) is 0 Å². The first-order valence-electron chi connectivity index (χ1n) is 5.32. The maximum Gasteiger partial charge on any atom is 0.153 e. The molecule has 0 amide bonds. The molecule has 0 bridgehead atoms. The number of aromatic nitrogens is 4. The fourth-order valence-electron chi connectivity index (χ4n) is 1.71. The van der Waals surface area contributed by atoms with Crippen molar-refractivity contribution in [3.05, 3.63) is 34.2 Å². The van der Waals surface area contributed by atoms with Gasteiger partial charge in [0.25, 0.3) is 0 Å². The van der Waals surface area contributed by atoms with Gasteiger partial charge in [0.1, 0.15) is 17.2 Å².